The van der Waals surface area contributed by atoms with E-state index in [1.165, 1.54) is 88.0 Å². The van der Waals surface area contributed by atoms with Gasteiger partial charge in [0.05, 0.1) is 11.1 Å². The third-order valence-corrected chi connectivity index (χ3v) is 14.3. The summed E-state index contributed by atoms with van der Waals surface area (Å²) < 4.78 is 0. The first-order chi connectivity index (χ1) is 33.7. The summed E-state index contributed by atoms with van der Waals surface area (Å²) in [5.74, 6) is 0. The molecule has 0 aliphatic heterocycles. The first-order valence-corrected chi connectivity index (χ1v) is 23.6. The summed E-state index contributed by atoms with van der Waals surface area (Å²) in [5, 5.41) is 7.55. The maximum absolute atomic E-state index is 2.47. The molecule has 0 aromatic heterocycles. The molecule has 0 unspecified atom stereocenters. The van der Waals surface area contributed by atoms with Gasteiger partial charge in [-0.3, -0.25) is 0 Å². The van der Waals surface area contributed by atoms with Gasteiger partial charge in [-0.25, -0.2) is 0 Å². The number of benzene rings is 12. The van der Waals surface area contributed by atoms with E-state index in [9.17, 15) is 0 Å². The van der Waals surface area contributed by atoms with E-state index in [0.29, 0.717) is 0 Å². The highest BCUT2D eigenvalue weighted by molar-refractivity contribution is 6.08. The number of hydrogen-bond donors (Lipinski definition) is 0. The van der Waals surface area contributed by atoms with Crippen LogP contribution in [0.4, 0.5) is 17.1 Å². The fourth-order valence-electron chi connectivity index (χ4n) is 11.2. The highest BCUT2D eigenvalue weighted by atomic mass is 15.1. The van der Waals surface area contributed by atoms with E-state index in [2.05, 4.69) is 278 Å². The van der Waals surface area contributed by atoms with Crippen molar-refractivity contribution < 1.29 is 0 Å². The van der Waals surface area contributed by atoms with Crippen molar-refractivity contribution in [3.8, 4) is 44.5 Å². The number of anilines is 3. The highest BCUT2D eigenvalue weighted by Crippen LogP contribution is 2.57. The molecule has 1 heteroatoms. The Balaban J connectivity index is 1.01. The van der Waals surface area contributed by atoms with Crippen molar-refractivity contribution >= 4 is 49.4 Å². The van der Waals surface area contributed by atoms with Gasteiger partial charge in [0, 0.05) is 16.9 Å². The Morgan fingerprint density at radius 3 is 1.56 bits per heavy atom. The molecule has 13 rings (SSSR count). The topological polar surface area (TPSA) is 3.24 Å². The third kappa shape index (κ3) is 6.39. The van der Waals surface area contributed by atoms with Gasteiger partial charge in [0.1, 0.15) is 0 Å². The molecule has 0 amide bonds. The van der Waals surface area contributed by atoms with Crippen LogP contribution in [0.1, 0.15) is 22.3 Å². The van der Waals surface area contributed by atoms with Gasteiger partial charge in [0.2, 0.25) is 0 Å². The van der Waals surface area contributed by atoms with Crippen LogP contribution in [0.25, 0.3) is 76.8 Å². The normalized spacial score (nSPS) is 12.5. The molecule has 318 valence electrons. The Labute approximate surface area is 397 Å². The smallest absolute Gasteiger partial charge is 0.0714 e. The lowest BCUT2D eigenvalue weighted by Gasteiger charge is -2.35. The Hall–Kier alpha value is -8.78. The Kier molecular flexibility index (Phi) is 9.47. The second-order valence-corrected chi connectivity index (χ2v) is 18.0. The molecule has 0 fully saturated rings. The molecular formula is C67H45N. The summed E-state index contributed by atoms with van der Waals surface area (Å²) >= 11 is 0. The summed E-state index contributed by atoms with van der Waals surface area (Å²) in [6, 6.07) is 101. The van der Waals surface area contributed by atoms with Crippen LogP contribution in [0.3, 0.4) is 0 Å². The molecular weight excluding hydrogens is 819 g/mol. The standard InChI is InChI=1S/C67H45N/c1-3-22-53(23-4-1)67(54-24-5-2-6-25-54)64-31-13-11-29-62(64)63-42-40-56(45-65(63)67)68(55-38-35-46(36-39-55)49-37-41-60-52(43-49)34-33-48-18-8-10-27-58(48)60)66-32-14-12-28-61(66)51-21-15-20-50(44-51)59-30-16-19-47-17-7-9-26-57(47)59/h1-45H. The number of para-hydroxylation sites is 1. The molecule has 1 aliphatic rings. The van der Waals surface area contributed by atoms with Gasteiger partial charge in [-0.2, -0.15) is 0 Å². The van der Waals surface area contributed by atoms with Crippen LogP contribution in [0.5, 0.6) is 0 Å². The van der Waals surface area contributed by atoms with Gasteiger partial charge in [-0.05, 0) is 136 Å². The molecule has 68 heavy (non-hydrogen) atoms. The fourth-order valence-corrected chi connectivity index (χ4v) is 11.2. The van der Waals surface area contributed by atoms with Crippen molar-refractivity contribution in [1.29, 1.82) is 0 Å². The van der Waals surface area contributed by atoms with Gasteiger partial charge < -0.3 is 4.90 Å². The zero-order valence-corrected chi connectivity index (χ0v) is 37.4. The van der Waals surface area contributed by atoms with Crippen LogP contribution >= 0.6 is 0 Å². The van der Waals surface area contributed by atoms with E-state index in [4.69, 9.17) is 0 Å². The summed E-state index contributed by atoms with van der Waals surface area (Å²) in [6.07, 6.45) is 0. The zero-order valence-electron chi connectivity index (χ0n) is 37.4. The van der Waals surface area contributed by atoms with Crippen LogP contribution in [0, 0.1) is 0 Å². The van der Waals surface area contributed by atoms with E-state index in [1.54, 1.807) is 0 Å². The molecule has 0 atom stereocenters. The molecule has 0 N–H and O–H groups in total. The van der Waals surface area contributed by atoms with Crippen LogP contribution in [0.2, 0.25) is 0 Å². The fraction of sp³-hybridized carbons (Fsp3) is 0.0149. The summed E-state index contributed by atoms with van der Waals surface area (Å²) in [6.45, 7) is 0. The molecule has 0 saturated heterocycles. The lowest BCUT2D eigenvalue weighted by Crippen LogP contribution is -2.28. The molecule has 0 bridgehead atoms. The summed E-state index contributed by atoms with van der Waals surface area (Å²) in [5.41, 5.74) is 17.5. The molecule has 12 aromatic rings. The predicted molar refractivity (Wildman–Crippen MR) is 287 cm³/mol. The molecule has 0 heterocycles. The van der Waals surface area contributed by atoms with Gasteiger partial charge in [0.25, 0.3) is 0 Å². The maximum Gasteiger partial charge on any atom is 0.0714 e. The predicted octanol–water partition coefficient (Wildman–Crippen LogP) is 18.0. The van der Waals surface area contributed by atoms with Crippen LogP contribution < -0.4 is 4.90 Å². The van der Waals surface area contributed by atoms with Gasteiger partial charge >= 0.3 is 0 Å². The second-order valence-electron chi connectivity index (χ2n) is 18.0. The van der Waals surface area contributed by atoms with E-state index < -0.39 is 5.41 Å². The summed E-state index contributed by atoms with van der Waals surface area (Å²) in [7, 11) is 0. The molecule has 0 saturated carbocycles. The Bertz CT molecular complexity index is 3800. The molecule has 12 aromatic carbocycles. The number of nitrogens with zero attached hydrogens (tertiary/aromatic N) is 1. The highest BCUT2D eigenvalue weighted by Gasteiger charge is 2.46. The molecule has 1 aliphatic carbocycles. The van der Waals surface area contributed by atoms with Crippen molar-refractivity contribution in [2.75, 3.05) is 4.90 Å². The van der Waals surface area contributed by atoms with E-state index in [0.717, 1.165) is 28.2 Å². The second kappa shape index (κ2) is 16.3. The van der Waals surface area contributed by atoms with Crippen molar-refractivity contribution in [2.24, 2.45) is 0 Å². The van der Waals surface area contributed by atoms with Gasteiger partial charge in [-0.1, -0.05) is 231 Å². The van der Waals surface area contributed by atoms with Crippen LogP contribution in [0.15, 0.2) is 273 Å². The minimum absolute atomic E-state index is 0.534. The monoisotopic (exact) mass is 863 g/mol. The first kappa shape index (κ1) is 39.6. The SMILES string of the molecule is c1ccc(C2(c3ccccc3)c3ccccc3-c3ccc(N(c4ccc(-c5ccc6c(ccc7ccccc76)c5)cc4)c4ccccc4-c4cccc(-c5cccc6ccccc56)c4)cc32)cc1. The average molecular weight is 864 g/mol. The average Bonchev–Trinajstić information content (AvgIpc) is 3.72. The Morgan fingerprint density at radius 2 is 0.779 bits per heavy atom. The van der Waals surface area contributed by atoms with E-state index in [-0.39, 0.29) is 0 Å². The van der Waals surface area contributed by atoms with Crippen molar-refractivity contribution in [3.05, 3.63) is 295 Å². The molecule has 0 radical (unpaired) electrons. The summed E-state index contributed by atoms with van der Waals surface area (Å²) in [4.78, 5) is 2.47. The first-order valence-electron chi connectivity index (χ1n) is 23.6. The Morgan fingerprint density at radius 1 is 0.250 bits per heavy atom. The minimum atomic E-state index is -0.534. The lowest BCUT2D eigenvalue weighted by atomic mass is 9.67. The quantitative estimate of drug-likeness (QED) is 0.138. The molecule has 0 spiro atoms. The zero-order chi connectivity index (χ0) is 45.0. The van der Waals surface area contributed by atoms with Crippen molar-refractivity contribution in [2.45, 2.75) is 5.41 Å². The van der Waals surface area contributed by atoms with Crippen molar-refractivity contribution in [1.82, 2.24) is 0 Å². The number of fused-ring (bicyclic) bond motifs is 7. The lowest BCUT2D eigenvalue weighted by molar-refractivity contribution is 0.768. The van der Waals surface area contributed by atoms with Crippen molar-refractivity contribution in [3.63, 3.8) is 0 Å². The number of hydrogen-bond acceptors (Lipinski definition) is 1. The van der Waals surface area contributed by atoms with E-state index >= 15 is 0 Å². The number of rotatable bonds is 8. The maximum atomic E-state index is 2.47. The van der Waals surface area contributed by atoms with Crippen LogP contribution in [-0.2, 0) is 5.41 Å². The third-order valence-electron chi connectivity index (χ3n) is 14.3. The minimum Gasteiger partial charge on any atom is -0.310 e. The molecule has 1 nitrogen and oxygen atoms in total. The van der Waals surface area contributed by atoms with Gasteiger partial charge in [0.15, 0.2) is 0 Å². The largest absolute Gasteiger partial charge is 0.310 e. The van der Waals surface area contributed by atoms with Gasteiger partial charge in [-0.15, -0.1) is 0 Å². The van der Waals surface area contributed by atoms with E-state index in [1.807, 2.05) is 0 Å². The van der Waals surface area contributed by atoms with Crippen LogP contribution in [-0.4, -0.2) is 0 Å².